The lowest BCUT2D eigenvalue weighted by Crippen LogP contribution is -2.39. The van der Waals surface area contributed by atoms with Gasteiger partial charge in [-0.2, -0.15) is 12.6 Å². The van der Waals surface area contributed by atoms with Crippen LogP contribution in [-0.4, -0.2) is 17.7 Å². The van der Waals surface area contributed by atoms with Gasteiger partial charge in [-0.15, -0.1) is 0 Å². The summed E-state index contributed by atoms with van der Waals surface area (Å²) < 4.78 is 0. The van der Waals surface area contributed by atoms with Crippen molar-refractivity contribution in [3.05, 3.63) is 35.4 Å². The SMILES string of the molecule is O=C(CC1(CS)CC1)NC1CCc2ccccc2C1. The van der Waals surface area contributed by atoms with Crippen LogP contribution in [0.15, 0.2) is 24.3 Å². The molecule has 1 aromatic carbocycles. The van der Waals surface area contributed by atoms with E-state index in [0.717, 1.165) is 37.9 Å². The average molecular weight is 275 g/mol. The van der Waals surface area contributed by atoms with Crippen molar-refractivity contribution in [2.75, 3.05) is 5.75 Å². The Balaban J connectivity index is 1.56. The van der Waals surface area contributed by atoms with E-state index < -0.39 is 0 Å². The minimum Gasteiger partial charge on any atom is -0.353 e. The predicted molar refractivity (Wildman–Crippen MR) is 80.5 cm³/mol. The number of carbonyl (C=O) groups is 1. The molecule has 2 nitrogen and oxygen atoms in total. The van der Waals surface area contributed by atoms with Gasteiger partial charge in [-0.25, -0.2) is 0 Å². The predicted octanol–water partition coefficient (Wildman–Crippen LogP) is 2.76. The van der Waals surface area contributed by atoms with Gasteiger partial charge in [-0.1, -0.05) is 24.3 Å². The number of fused-ring (bicyclic) bond motifs is 1. The van der Waals surface area contributed by atoms with Gasteiger partial charge in [0.1, 0.15) is 0 Å². The molecule has 2 aliphatic carbocycles. The Morgan fingerprint density at radius 3 is 2.74 bits per heavy atom. The molecule has 1 aromatic rings. The minimum atomic E-state index is 0.218. The molecule has 1 amide bonds. The minimum absolute atomic E-state index is 0.218. The zero-order valence-corrected chi connectivity index (χ0v) is 12.1. The number of nitrogens with one attached hydrogen (secondary N) is 1. The van der Waals surface area contributed by atoms with E-state index in [1.807, 2.05) is 0 Å². The fourth-order valence-corrected chi connectivity index (χ4v) is 3.44. The third-order valence-electron chi connectivity index (χ3n) is 4.54. The zero-order valence-electron chi connectivity index (χ0n) is 11.2. The van der Waals surface area contributed by atoms with Gasteiger partial charge in [0.25, 0.3) is 0 Å². The molecule has 3 heteroatoms. The number of benzene rings is 1. The fourth-order valence-electron chi connectivity index (χ4n) is 3.01. The van der Waals surface area contributed by atoms with E-state index in [9.17, 15) is 4.79 Å². The Bertz CT molecular complexity index is 481. The first kappa shape index (κ1) is 13.0. The molecule has 2 aliphatic rings. The summed E-state index contributed by atoms with van der Waals surface area (Å²) >= 11 is 4.36. The Labute approximate surface area is 120 Å². The van der Waals surface area contributed by atoms with Crippen molar-refractivity contribution in [2.45, 2.75) is 44.6 Å². The normalized spacial score (nSPS) is 23.5. The van der Waals surface area contributed by atoms with Crippen LogP contribution in [-0.2, 0) is 17.6 Å². The van der Waals surface area contributed by atoms with Crippen molar-refractivity contribution < 1.29 is 4.79 Å². The van der Waals surface area contributed by atoms with Crippen molar-refractivity contribution in [3.63, 3.8) is 0 Å². The van der Waals surface area contributed by atoms with E-state index in [2.05, 4.69) is 42.2 Å². The molecule has 0 heterocycles. The third-order valence-corrected chi connectivity index (χ3v) is 5.21. The highest BCUT2D eigenvalue weighted by molar-refractivity contribution is 7.80. The Hall–Kier alpha value is -0.960. The first-order valence-corrected chi connectivity index (χ1v) is 7.81. The summed E-state index contributed by atoms with van der Waals surface area (Å²) in [6.07, 6.45) is 6.12. The zero-order chi connectivity index (χ0) is 13.3. The van der Waals surface area contributed by atoms with E-state index in [4.69, 9.17) is 0 Å². The average Bonchev–Trinajstić information content (AvgIpc) is 3.19. The number of hydrogen-bond acceptors (Lipinski definition) is 2. The maximum absolute atomic E-state index is 12.1. The van der Waals surface area contributed by atoms with Crippen LogP contribution in [0.1, 0.15) is 36.8 Å². The molecule has 0 spiro atoms. The smallest absolute Gasteiger partial charge is 0.220 e. The highest BCUT2D eigenvalue weighted by atomic mass is 32.1. The molecule has 0 radical (unpaired) electrons. The molecule has 0 aromatic heterocycles. The van der Waals surface area contributed by atoms with Gasteiger partial charge >= 0.3 is 0 Å². The van der Waals surface area contributed by atoms with Crippen LogP contribution >= 0.6 is 12.6 Å². The first-order valence-electron chi connectivity index (χ1n) is 7.18. The summed E-state index contributed by atoms with van der Waals surface area (Å²) in [7, 11) is 0. The number of carbonyl (C=O) groups excluding carboxylic acids is 1. The molecule has 0 bridgehead atoms. The second-order valence-electron chi connectivity index (χ2n) is 6.11. The number of thiol groups is 1. The van der Waals surface area contributed by atoms with Gasteiger partial charge < -0.3 is 5.32 Å². The molecule has 1 N–H and O–H groups in total. The summed E-state index contributed by atoms with van der Waals surface area (Å²) in [5, 5.41) is 3.22. The van der Waals surface area contributed by atoms with Crippen LogP contribution in [0, 0.1) is 5.41 Å². The largest absolute Gasteiger partial charge is 0.353 e. The molecule has 0 aliphatic heterocycles. The van der Waals surface area contributed by atoms with E-state index >= 15 is 0 Å². The van der Waals surface area contributed by atoms with Crippen LogP contribution in [0.5, 0.6) is 0 Å². The van der Waals surface area contributed by atoms with Crippen LogP contribution in [0.2, 0.25) is 0 Å². The lowest BCUT2D eigenvalue weighted by atomic mass is 9.88. The molecule has 102 valence electrons. The van der Waals surface area contributed by atoms with Crippen LogP contribution in [0.4, 0.5) is 0 Å². The van der Waals surface area contributed by atoms with Crippen molar-refractivity contribution >= 4 is 18.5 Å². The molecule has 0 saturated heterocycles. The molecule has 1 unspecified atom stereocenters. The second-order valence-corrected chi connectivity index (χ2v) is 6.43. The molecular formula is C16H21NOS. The summed E-state index contributed by atoms with van der Waals surface area (Å²) in [5.74, 6) is 1.06. The first-order chi connectivity index (χ1) is 9.21. The van der Waals surface area contributed by atoms with Gasteiger partial charge in [0.2, 0.25) is 5.91 Å². The highest BCUT2D eigenvalue weighted by Crippen LogP contribution is 2.49. The Morgan fingerprint density at radius 2 is 2.05 bits per heavy atom. The van der Waals surface area contributed by atoms with E-state index in [-0.39, 0.29) is 11.3 Å². The Kier molecular flexibility index (Phi) is 3.57. The van der Waals surface area contributed by atoms with E-state index in [1.54, 1.807) is 0 Å². The van der Waals surface area contributed by atoms with E-state index in [0.29, 0.717) is 12.5 Å². The number of amides is 1. The molecule has 1 fully saturated rings. The second kappa shape index (κ2) is 5.20. The molecule has 1 atom stereocenters. The van der Waals surface area contributed by atoms with Crippen molar-refractivity contribution in [2.24, 2.45) is 5.41 Å². The number of aryl methyl sites for hydroxylation is 1. The quantitative estimate of drug-likeness (QED) is 0.813. The van der Waals surface area contributed by atoms with Crippen LogP contribution in [0.3, 0.4) is 0 Å². The summed E-state index contributed by atoms with van der Waals surface area (Å²) in [6, 6.07) is 8.89. The van der Waals surface area contributed by atoms with Crippen LogP contribution in [0.25, 0.3) is 0 Å². The third kappa shape index (κ3) is 2.97. The van der Waals surface area contributed by atoms with Crippen molar-refractivity contribution in [1.82, 2.24) is 5.32 Å². The molecule has 1 saturated carbocycles. The summed E-state index contributed by atoms with van der Waals surface area (Å²) in [6.45, 7) is 0. The number of hydrogen-bond donors (Lipinski definition) is 2. The van der Waals surface area contributed by atoms with Crippen molar-refractivity contribution in [3.8, 4) is 0 Å². The summed E-state index contributed by atoms with van der Waals surface area (Å²) in [5.41, 5.74) is 3.07. The molecule has 3 rings (SSSR count). The monoisotopic (exact) mass is 275 g/mol. The van der Waals surface area contributed by atoms with Crippen LogP contribution < -0.4 is 5.32 Å². The number of rotatable bonds is 4. The maximum Gasteiger partial charge on any atom is 0.220 e. The van der Waals surface area contributed by atoms with Crippen molar-refractivity contribution in [1.29, 1.82) is 0 Å². The van der Waals surface area contributed by atoms with Gasteiger partial charge in [0, 0.05) is 12.5 Å². The van der Waals surface area contributed by atoms with E-state index in [1.165, 1.54) is 11.1 Å². The van der Waals surface area contributed by atoms with Gasteiger partial charge in [0.05, 0.1) is 0 Å². The standard InChI is InChI=1S/C16H21NOS/c18-15(10-16(11-19)7-8-16)17-14-6-5-12-3-1-2-4-13(12)9-14/h1-4,14,19H,5-11H2,(H,17,18). The fraction of sp³-hybridized carbons (Fsp3) is 0.562. The lowest BCUT2D eigenvalue weighted by molar-refractivity contribution is -0.122. The maximum atomic E-state index is 12.1. The molecule has 19 heavy (non-hydrogen) atoms. The lowest BCUT2D eigenvalue weighted by Gasteiger charge is -2.26. The van der Waals surface area contributed by atoms with Gasteiger partial charge in [-0.05, 0) is 54.4 Å². The van der Waals surface area contributed by atoms with Gasteiger partial charge in [0.15, 0.2) is 0 Å². The van der Waals surface area contributed by atoms with Gasteiger partial charge in [-0.3, -0.25) is 4.79 Å². The highest BCUT2D eigenvalue weighted by Gasteiger charge is 2.43. The molecular weight excluding hydrogens is 254 g/mol. The Morgan fingerprint density at radius 1 is 1.32 bits per heavy atom. The topological polar surface area (TPSA) is 29.1 Å². The summed E-state index contributed by atoms with van der Waals surface area (Å²) in [4.78, 5) is 12.1.